The van der Waals surface area contributed by atoms with Crippen molar-refractivity contribution in [3.8, 4) is 5.75 Å². The van der Waals surface area contributed by atoms with Gasteiger partial charge in [-0.2, -0.15) is 0 Å². The van der Waals surface area contributed by atoms with E-state index in [-0.39, 0.29) is 36.9 Å². The number of carbonyl (C=O) groups excluding carboxylic acids is 1. The molecular formula is C20H23LiN2O5. The van der Waals surface area contributed by atoms with Crippen molar-refractivity contribution in [2.75, 3.05) is 38.2 Å². The number of ether oxygens (including phenoxy) is 2. The van der Waals surface area contributed by atoms with Crippen molar-refractivity contribution in [2.45, 2.75) is 6.61 Å². The third-order valence-electron chi connectivity index (χ3n) is 4.21. The van der Waals surface area contributed by atoms with Gasteiger partial charge in [-0.15, -0.1) is 0 Å². The van der Waals surface area contributed by atoms with E-state index < -0.39 is 5.97 Å². The zero-order valence-corrected chi connectivity index (χ0v) is 14.9. The van der Waals surface area contributed by atoms with Crippen molar-refractivity contribution in [2.24, 2.45) is 0 Å². The van der Waals surface area contributed by atoms with Crippen LogP contribution in [0.3, 0.4) is 0 Å². The van der Waals surface area contributed by atoms with E-state index in [4.69, 9.17) is 9.47 Å². The number of carboxylic acids is 1. The first-order valence-corrected chi connectivity index (χ1v) is 8.76. The molecule has 0 aromatic heterocycles. The van der Waals surface area contributed by atoms with Crippen molar-refractivity contribution in [1.29, 1.82) is 0 Å². The third kappa shape index (κ3) is 6.39. The van der Waals surface area contributed by atoms with Crippen LogP contribution in [0.1, 0.15) is 15.9 Å². The van der Waals surface area contributed by atoms with Crippen molar-refractivity contribution < 1.29 is 24.2 Å². The molecule has 0 bridgehead atoms. The molecule has 1 heterocycles. The average Bonchev–Trinajstić information content (AvgIpc) is 2.68. The standard InChI is InChI=1S/C20H22N2O5.Li.H/c23-19(13-22-8-10-26-11-9-22)21-17-12-16(20(24)25)6-7-18(17)27-14-15-4-2-1-3-5-15;;/h1-7,12H,8-11,13-14H2,(H,21,23)(H,24,25);;. The molecule has 1 aliphatic rings. The van der Waals surface area contributed by atoms with Gasteiger partial charge in [-0.05, 0) is 23.8 Å². The van der Waals surface area contributed by atoms with Crippen LogP contribution >= 0.6 is 0 Å². The quantitative estimate of drug-likeness (QED) is 0.712. The summed E-state index contributed by atoms with van der Waals surface area (Å²) < 4.78 is 11.1. The van der Waals surface area contributed by atoms with Crippen molar-refractivity contribution in [3.63, 3.8) is 0 Å². The molecule has 7 nitrogen and oxygen atoms in total. The fourth-order valence-electron chi connectivity index (χ4n) is 2.77. The topological polar surface area (TPSA) is 88.1 Å². The maximum absolute atomic E-state index is 12.4. The van der Waals surface area contributed by atoms with Gasteiger partial charge in [-0.3, -0.25) is 9.69 Å². The number of nitrogens with zero attached hydrogens (tertiary/aromatic N) is 1. The van der Waals surface area contributed by atoms with Gasteiger partial charge in [-0.1, -0.05) is 30.3 Å². The summed E-state index contributed by atoms with van der Waals surface area (Å²) in [6, 6.07) is 14.1. The summed E-state index contributed by atoms with van der Waals surface area (Å²) in [6.45, 7) is 3.14. The first-order valence-electron chi connectivity index (χ1n) is 8.76. The molecule has 3 rings (SSSR count). The number of carbonyl (C=O) groups is 2. The van der Waals surface area contributed by atoms with Crippen molar-refractivity contribution in [1.82, 2.24) is 4.90 Å². The van der Waals surface area contributed by atoms with Crippen molar-refractivity contribution >= 4 is 36.4 Å². The summed E-state index contributed by atoms with van der Waals surface area (Å²) in [5.74, 6) is -0.850. The summed E-state index contributed by atoms with van der Waals surface area (Å²) in [5, 5.41) is 12.0. The SMILES string of the molecule is O=C(CN1CCOCC1)Nc1cc(C(=O)O)ccc1OCc1ccccc1.[LiH]. The van der Waals surface area contributed by atoms with Crippen LogP contribution in [0, 0.1) is 0 Å². The number of morpholine rings is 1. The zero-order valence-electron chi connectivity index (χ0n) is 14.9. The molecule has 0 atom stereocenters. The fraction of sp³-hybridized carbons (Fsp3) is 0.300. The molecule has 2 aromatic carbocycles. The van der Waals surface area contributed by atoms with E-state index in [0.29, 0.717) is 44.3 Å². The van der Waals surface area contributed by atoms with E-state index in [0.717, 1.165) is 5.56 Å². The first-order chi connectivity index (χ1) is 13.1. The molecule has 1 aliphatic heterocycles. The van der Waals surface area contributed by atoms with Crippen LogP contribution in [-0.2, 0) is 16.1 Å². The molecule has 2 aromatic rings. The minimum atomic E-state index is -1.06. The molecule has 0 unspecified atom stereocenters. The zero-order chi connectivity index (χ0) is 19.1. The van der Waals surface area contributed by atoms with Crippen LogP contribution in [0.2, 0.25) is 0 Å². The Hall–Kier alpha value is -2.30. The molecule has 8 heteroatoms. The van der Waals surface area contributed by atoms with Gasteiger partial charge in [0.25, 0.3) is 0 Å². The Bertz CT molecular complexity index is 794. The number of carboxylic acid groups (broad SMARTS) is 1. The summed E-state index contributed by atoms with van der Waals surface area (Å²) >= 11 is 0. The third-order valence-corrected chi connectivity index (χ3v) is 4.21. The van der Waals surface area contributed by atoms with Gasteiger partial charge in [-0.25, -0.2) is 4.79 Å². The minimum absolute atomic E-state index is 0. The van der Waals surface area contributed by atoms with E-state index in [2.05, 4.69) is 5.32 Å². The first kappa shape index (κ1) is 22.0. The maximum atomic E-state index is 12.4. The van der Waals surface area contributed by atoms with Gasteiger partial charge in [0.15, 0.2) is 0 Å². The number of hydrogen-bond acceptors (Lipinski definition) is 5. The molecule has 0 aliphatic carbocycles. The monoisotopic (exact) mass is 378 g/mol. The van der Waals surface area contributed by atoms with E-state index in [1.807, 2.05) is 35.2 Å². The second kappa shape index (κ2) is 10.9. The van der Waals surface area contributed by atoms with Crippen LogP contribution in [0.5, 0.6) is 5.75 Å². The summed E-state index contributed by atoms with van der Waals surface area (Å²) in [5.41, 5.74) is 1.42. The molecule has 0 radical (unpaired) electrons. The Labute approximate surface area is 175 Å². The predicted octanol–water partition coefficient (Wildman–Crippen LogP) is 1.59. The van der Waals surface area contributed by atoms with Crippen LogP contribution in [0.4, 0.5) is 5.69 Å². The Morgan fingerprint density at radius 1 is 1.11 bits per heavy atom. The molecule has 0 spiro atoms. The number of amides is 1. The second-order valence-electron chi connectivity index (χ2n) is 6.23. The number of rotatable bonds is 7. The van der Waals surface area contributed by atoms with Crippen molar-refractivity contribution in [3.05, 3.63) is 59.7 Å². The van der Waals surface area contributed by atoms with Gasteiger partial charge >= 0.3 is 24.8 Å². The number of aromatic carboxylic acids is 1. The Morgan fingerprint density at radius 2 is 1.82 bits per heavy atom. The molecular weight excluding hydrogens is 355 g/mol. The number of nitrogens with one attached hydrogen (secondary N) is 1. The average molecular weight is 378 g/mol. The van der Waals surface area contributed by atoms with Gasteiger partial charge in [0.05, 0.1) is 31.0 Å². The molecule has 1 amide bonds. The number of hydrogen-bond donors (Lipinski definition) is 2. The molecule has 1 fully saturated rings. The van der Waals surface area contributed by atoms with Gasteiger partial charge < -0.3 is 19.9 Å². The summed E-state index contributed by atoms with van der Waals surface area (Å²) in [4.78, 5) is 25.7. The Kier molecular flexibility index (Phi) is 8.55. The Balaban J connectivity index is 0.00000280. The summed E-state index contributed by atoms with van der Waals surface area (Å²) in [7, 11) is 0. The molecule has 28 heavy (non-hydrogen) atoms. The van der Waals surface area contributed by atoms with Crippen LogP contribution < -0.4 is 10.1 Å². The van der Waals surface area contributed by atoms with Crippen LogP contribution in [0.25, 0.3) is 0 Å². The Morgan fingerprint density at radius 3 is 2.50 bits per heavy atom. The molecule has 144 valence electrons. The van der Waals surface area contributed by atoms with Crippen LogP contribution in [0.15, 0.2) is 48.5 Å². The van der Waals surface area contributed by atoms with Gasteiger partial charge in [0.2, 0.25) is 5.91 Å². The van der Waals surface area contributed by atoms with E-state index in [1.54, 1.807) is 6.07 Å². The molecule has 0 saturated carbocycles. The van der Waals surface area contributed by atoms with E-state index >= 15 is 0 Å². The second-order valence-corrected chi connectivity index (χ2v) is 6.23. The fourth-order valence-corrected chi connectivity index (χ4v) is 2.77. The van der Waals surface area contributed by atoms with Gasteiger partial charge in [0.1, 0.15) is 12.4 Å². The normalized spacial score (nSPS) is 14.0. The summed E-state index contributed by atoms with van der Waals surface area (Å²) in [6.07, 6.45) is 0. The van der Waals surface area contributed by atoms with Crippen LogP contribution in [-0.4, -0.2) is 73.6 Å². The predicted molar refractivity (Wildman–Crippen MR) is 107 cm³/mol. The molecule has 1 saturated heterocycles. The number of benzene rings is 2. The van der Waals surface area contributed by atoms with E-state index in [9.17, 15) is 14.7 Å². The van der Waals surface area contributed by atoms with Gasteiger partial charge in [0, 0.05) is 13.1 Å². The molecule has 2 N–H and O–H groups in total. The van der Waals surface area contributed by atoms with E-state index in [1.165, 1.54) is 12.1 Å². The number of anilines is 1.